The van der Waals surface area contributed by atoms with Crippen LogP contribution in [-0.4, -0.2) is 4.98 Å². The van der Waals surface area contributed by atoms with E-state index < -0.39 is 23.4 Å². The van der Waals surface area contributed by atoms with Crippen LogP contribution in [-0.2, 0) is 6.18 Å². The number of nitrogens with zero attached hydrogens (tertiary/aromatic N) is 2. The zero-order valence-corrected chi connectivity index (χ0v) is 13.1. The topological polar surface area (TPSA) is 36.7 Å². The number of nitriles is 1. The van der Waals surface area contributed by atoms with Gasteiger partial charge in [-0.3, -0.25) is 0 Å². The van der Waals surface area contributed by atoms with Crippen LogP contribution in [0.2, 0.25) is 0 Å². The first-order valence-corrected chi connectivity index (χ1v) is 7.64. The van der Waals surface area contributed by atoms with Gasteiger partial charge in [-0.05, 0) is 36.4 Å². The molecule has 25 heavy (non-hydrogen) atoms. The van der Waals surface area contributed by atoms with Crippen LogP contribution in [0.25, 0.3) is 21.9 Å². The number of allylic oxidation sites excluding steroid dienone is 1. The molecule has 0 radical (unpaired) electrons. The lowest BCUT2D eigenvalue weighted by molar-refractivity contribution is -0.137. The van der Waals surface area contributed by atoms with Gasteiger partial charge in [-0.15, -0.1) is 11.3 Å². The fourth-order valence-electron chi connectivity index (χ4n) is 2.13. The first-order valence-electron chi connectivity index (χ1n) is 6.83. The van der Waals surface area contributed by atoms with Gasteiger partial charge in [-0.25, -0.2) is 13.8 Å². The summed E-state index contributed by atoms with van der Waals surface area (Å²) < 4.78 is 65.4. The summed E-state index contributed by atoms with van der Waals surface area (Å²) in [6.45, 7) is 0. The van der Waals surface area contributed by atoms with Crippen LogP contribution < -0.4 is 0 Å². The van der Waals surface area contributed by atoms with Gasteiger partial charge in [0.15, 0.2) is 0 Å². The molecule has 126 valence electrons. The normalized spacial score (nSPS) is 12.4. The van der Waals surface area contributed by atoms with Crippen molar-refractivity contribution in [1.29, 1.82) is 5.26 Å². The average molecular weight is 366 g/mol. The second-order valence-electron chi connectivity index (χ2n) is 5.03. The number of hydrogen-bond donors (Lipinski definition) is 0. The molecule has 0 N–H and O–H groups in total. The van der Waals surface area contributed by atoms with Crippen LogP contribution in [0.4, 0.5) is 22.0 Å². The van der Waals surface area contributed by atoms with Crippen LogP contribution in [0.5, 0.6) is 0 Å². The fourth-order valence-corrected chi connectivity index (χ4v) is 3.05. The Bertz CT molecular complexity index is 1030. The van der Waals surface area contributed by atoms with Crippen molar-refractivity contribution in [2.24, 2.45) is 0 Å². The molecule has 2 nitrogen and oxygen atoms in total. The highest BCUT2D eigenvalue weighted by Gasteiger charge is 2.30. The summed E-state index contributed by atoms with van der Waals surface area (Å²) in [5.41, 5.74) is -0.798. The third kappa shape index (κ3) is 3.51. The van der Waals surface area contributed by atoms with Crippen LogP contribution in [0.1, 0.15) is 16.1 Å². The van der Waals surface area contributed by atoms with Crippen molar-refractivity contribution in [3.8, 4) is 6.07 Å². The molecule has 1 aromatic heterocycles. The SMILES string of the molecule is N#C/C(=C/c1ccc(F)cc1F)c1nc2cc(C(F)(F)F)ccc2s1. The summed E-state index contributed by atoms with van der Waals surface area (Å²) in [7, 11) is 0. The first kappa shape index (κ1) is 17.0. The third-order valence-electron chi connectivity index (χ3n) is 3.33. The summed E-state index contributed by atoms with van der Waals surface area (Å²) in [6, 6.07) is 7.81. The van der Waals surface area contributed by atoms with E-state index in [4.69, 9.17) is 0 Å². The Kier molecular flexibility index (Phi) is 4.27. The lowest BCUT2D eigenvalue weighted by Gasteiger charge is -2.04. The predicted octanol–water partition coefficient (Wildman–Crippen LogP) is 5.66. The number of aromatic nitrogens is 1. The van der Waals surface area contributed by atoms with E-state index in [0.717, 1.165) is 35.6 Å². The fraction of sp³-hybridized carbons (Fsp3) is 0.0588. The summed E-state index contributed by atoms with van der Waals surface area (Å²) in [5.74, 6) is -1.61. The Labute approximate surface area is 142 Å². The smallest absolute Gasteiger partial charge is 0.235 e. The van der Waals surface area contributed by atoms with Crippen molar-refractivity contribution >= 4 is 33.2 Å². The molecule has 2 aromatic carbocycles. The number of halogens is 5. The van der Waals surface area contributed by atoms with Gasteiger partial charge in [0.05, 0.1) is 21.4 Å². The highest BCUT2D eigenvalue weighted by atomic mass is 32.1. The molecular formula is C17H7F5N2S. The second-order valence-corrected chi connectivity index (χ2v) is 6.07. The first-order chi connectivity index (χ1) is 11.8. The Hall–Kier alpha value is -2.79. The highest BCUT2D eigenvalue weighted by molar-refractivity contribution is 7.19. The predicted molar refractivity (Wildman–Crippen MR) is 84.5 cm³/mol. The molecule has 0 aliphatic heterocycles. The highest BCUT2D eigenvalue weighted by Crippen LogP contribution is 2.34. The number of fused-ring (bicyclic) bond motifs is 1. The molecule has 0 unspecified atom stereocenters. The minimum Gasteiger partial charge on any atom is -0.235 e. The molecule has 0 atom stereocenters. The number of alkyl halides is 3. The molecule has 0 spiro atoms. The van der Waals surface area contributed by atoms with E-state index in [1.807, 2.05) is 6.07 Å². The summed E-state index contributed by atoms with van der Waals surface area (Å²) in [4.78, 5) is 4.03. The lowest BCUT2D eigenvalue weighted by Crippen LogP contribution is -2.03. The van der Waals surface area contributed by atoms with Crippen LogP contribution in [0.3, 0.4) is 0 Å². The van der Waals surface area contributed by atoms with E-state index in [-0.39, 0.29) is 21.7 Å². The van der Waals surface area contributed by atoms with Crippen LogP contribution >= 0.6 is 11.3 Å². The standard InChI is InChI=1S/C17H7F5N2S/c18-12-3-1-9(13(19)7-12)5-10(8-23)16-24-14-6-11(17(20,21)22)2-4-15(14)25-16/h1-7H/b10-5-. The third-order valence-corrected chi connectivity index (χ3v) is 4.40. The van der Waals surface area contributed by atoms with Crippen molar-refractivity contribution in [3.63, 3.8) is 0 Å². The average Bonchev–Trinajstić information content (AvgIpc) is 2.96. The van der Waals surface area contributed by atoms with Crippen molar-refractivity contribution in [2.75, 3.05) is 0 Å². The Balaban J connectivity index is 2.07. The summed E-state index contributed by atoms with van der Waals surface area (Å²) >= 11 is 1.01. The number of hydrogen-bond acceptors (Lipinski definition) is 3. The quantitative estimate of drug-likeness (QED) is 0.434. The molecule has 0 aliphatic rings. The van der Waals surface area contributed by atoms with Crippen molar-refractivity contribution in [2.45, 2.75) is 6.18 Å². The van der Waals surface area contributed by atoms with E-state index in [2.05, 4.69) is 4.98 Å². The molecular weight excluding hydrogens is 359 g/mol. The zero-order chi connectivity index (χ0) is 18.2. The molecule has 3 rings (SSSR count). The summed E-state index contributed by atoms with van der Waals surface area (Å²) in [5, 5.41) is 9.42. The monoisotopic (exact) mass is 366 g/mol. The van der Waals surface area contributed by atoms with Gasteiger partial charge in [-0.2, -0.15) is 18.4 Å². The number of rotatable bonds is 2. The minimum absolute atomic E-state index is 0.0202. The van der Waals surface area contributed by atoms with E-state index in [1.165, 1.54) is 12.1 Å². The van der Waals surface area contributed by atoms with E-state index >= 15 is 0 Å². The molecule has 1 heterocycles. The van der Waals surface area contributed by atoms with Crippen LogP contribution in [0.15, 0.2) is 36.4 Å². The van der Waals surface area contributed by atoms with Gasteiger partial charge in [-0.1, -0.05) is 0 Å². The van der Waals surface area contributed by atoms with E-state index in [0.29, 0.717) is 10.8 Å². The maximum atomic E-state index is 13.7. The minimum atomic E-state index is -4.50. The van der Waals surface area contributed by atoms with Crippen molar-refractivity contribution < 1.29 is 22.0 Å². The van der Waals surface area contributed by atoms with Gasteiger partial charge < -0.3 is 0 Å². The molecule has 0 fully saturated rings. The molecule has 8 heteroatoms. The van der Waals surface area contributed by atoms with Crippen molar-refractivity contribution in [3.05, 3.63) is 64.2 Å². The maximum absolute atomic E-state index is 13.7. The van der Waals surface area contributed by atoms with Gasteiger partial charge in [0.25, 0.3) is 0 Å². The number of thiazole rings is 1. The van der Waals surface area contributed by atoms with Gasteiger partial charge in [0.1, 0.15) is 22.7 Å². The molecule has 0 saturated heterocycles. The van der Waals surface area contributed by atoms with Crippen LogP contribution in [0, 0.1) is 23.0 Å². The Morgan fingerprint density at radius 2 is 1.88 bits per heavy atom. The molecule has 0 saturated carbocycles. The number of benzene rings is 2. The molecule has 0 amide bonds. The molecule has 0 bridgehead atoms. The Morgan fingerprint density at radius 1 is 1.12 bits per heavy atom. The van der Waals surface area contributed by atoms with E-state index in [9.17, 15) is 27.2 Å². The molecule has 3 aromatic rings. The van der Waals surface area contributed by atoms with Gasteiger partial charge in [0, 0.05) is 11.6 Å². The largest absolute Gasteiger partial charge is 0.416 e. The van der Waals surface area contributed by atoms with E-state index in [1.54, 1.807) is 0 Å². The molecule has 0 aliphatic carbocycles. The summed E-state index contributed by atoms with van der Waals surface area (Å²) in [6.07, 6.45) is -3.32. The Morgan fingerprint density at radius 3 is 2.52 bits per heavy atom. The maximum Gasteiger partial charge on any atom is 0.416 e. The second kappa shape index (κ2) is 6.26. The lowest BCUT2D eigenvalue weighted by atomic mass is 10.1. The van der Waals surface area contributed by atoms with Gasteiger partial charge >= 0.3 is 6.18 Å². The van der Waals surface area contributed by atoms with Crippen molar-refractivity contribution in [1.82, 2.24) is 4.98 Å². The zero-order valence-electron chi connectivity index (χ0n) is 12.2. The van der Waals surface area contributed by atoms with Gasteiger partial charge in [0.2, 0.25) is 0 Å².